The maximum Gasteiger partial charge on any atom is 0.419 e. The standard InChI is InChI=1S/C35H37N5O7/c1-5-6-11-32(42)37-26-9-7-8-10-28(26)39(4)35(44)47-29-15-23-22(14-21(29)19-41)25-18-36-27-17-31-30(45-20-46-31)16-24(27)33(25)40(34(23)43)13-12-38(2)3/h7-10,14-18,41H,5-6,11-13,19-20H2,1-4H3,(H,37,42). The van der Waals surface area contributed by atoms with Gasteiger partial charge in [0.05, 0.1) is 34.4 Å². The van der Waals surface area contributed by atoms with Crippen LogP contribution in [0, 0.1) is 0 Å². The molecule has 12 nitrogen and oxygen atoms in total. The quantitative estimate of drug-likeness (QED) is 0.197. The van der Waals surface area contributed by atoms with Gasteiger partial charge in [-0.3, -0.25) is 19.5 Å². The van der Waals surface area contributed by atoms with Gasteiger partial charge in [0.25, 0.3) is 5.56 Å². The fourth-order valence-corrected chi connectivity index (χ4v) is 5.74. The van der Waals surface area contributed by atoms with Crippen LogP contribution in [0.1, 0.15) is 31.7 Å². The fourth-order valence-electron chi connectivity index (χ4n) is 5.74. The Balaban J connectivity index is 1.43. The first-order chi connectivity index (χ1) is 22.7. The number of unbranched alkanes of at least 4 members (excludes halogenated alkanes) is 1. The number of benzene rings is 3. The number of ether oxygens (including phenoxy) is 3. The summed E-state index contributed by atoms with van der Waals surface area (Å²) in [6.07, 6.45) is 2.95. The summed E-state index contributed by atoms with van der Waals surface area (Å²) in [5.74, 6) is 1.06. The van der Waals surface area contributed by atoms with E-state index in [0.717, 1.165) is 18.2 Å². The Kier molecular flexibility index (Phi) is 8.97. The van der Waals surface area contributed by atoms with Crippen molar-refractivity contribution in [3.05, 3.63) is 70.6 Å². The van der Waals surface area contributed by atoms with Crippen LogP contribution in [0.25, 0.3) is 32.6 Å². The second kappa shape index (κ2) is 13.3. The largest absolute Gasteiger partial charge is 0.454 e. The molecule has 2 aromatic heterocycles. The van der Waals surface area contributed by atoms with Gasteiger partial charge >= 0.3 is 6.09 Å². The molecule has 0 spiro atoms. The summed E-state index contributed by atoms with van der Waals surface area (Å²) in [4.78, 5) is 48.2. The van der Waals surface area contributed by atoms with Crippen molar-refractivity contribution < 1.29 is 28.9 Å². The molecule has 0 radical (unpaired) electrons. The van der Waals surface area contributed by atoms with Crippen molar-refractivity contribution in [2.75, 3.05) is 44.7 Å². The van der Waals surface area contributed by atoms with Crippen molar-refractivity contribution in [2.24, 2.45) is 0 Å². The lowest BCUT2D eigenvalue weighted by Crippen LogP contribution is -2.31. The highest BCUT2D eigenvalue weighted by molar-refractivity contribution is 6.15. The average Bonchev–Trinajstić information content (AvgIpc) is 3.53. The van der Waals surface area contributed by atoms with E-state index in [1.165, 1.54) is 18.0 Å². The van der Waals surface area contributed by atoms with Crippen LogP contribution >= 0.6 is 0 Å². The van der Waals surface area contributed by atoms with Gasteiger partial charge in [0, 0.05) is 55.2 Å². The number of hydrogen-bond acceptors (Lipinski definition) is 9. The lowest BCUT2D eigenvalue weighted by atomic mass is 10.0. The van der Waals surface area contributed by atoms with E-state index in [1.807, 2.05) is 32.0 Å². The van der Waals surface area contributed by atoms with Crippen LogP contribution in [0.2, 0.25) is 0 Å². The van der Waals surface area contributed by atoms with E-state index in [4.69, 9.17) is 14.2 Å². The van der Waals surface area contributed by atoms with Crippen molar-refractivity contribution in [3.63, 3.8) is 0 Å². The third kappa shape index (κ3) is 6.17. The van der Waals surface area contributed by atoms with Crippen molar-refractivity contribution >= 4 is 56.0 Å². The topological polar surface area (TPSA) is 135 Å². The molecule has 3 heterocycles. The highest BCUT2D eigenvalue weighted by Crippen LogP contribution is 2.39. The maximum absolute atomic E-state index is 14.3. The van der Waals surface area contributed by atoms with Crippen LogP contribution in [0.4, 0.5) is 16.2 Å². The number of nitrogens with zero attached hydrogens (tertiary/aromatic N) is 4. The minimum Gasteiger partial charge on any atom is -0.454 e. The number of aliphatic hydroxyl groups excluding tert-OH is 1. The number of carbonyl (C=O) groups excluding carboxylic acids is 2. The molecule has 3 aromatic carbocycles. The number of carbonyl (C=O) groups is 2. The van der Waals surface area contributed by atoms with Gasteiger partial charge in [-0.1, -0.05) is 25.5 Å². The monoisotopic (exact) mass is 639 g/mol. The first-order valence-corrected chi connectivity index (χ1v) is 15.5. The van der Waals surface area contributed by atoms with Gasteiger partial charge in [0.15, 0.2) is 11.5 Å². The molecule has 0 atom stereocenters. The van der Waals surface area contributed by atoms with Gasteiger partial charge in [0.2, 0.25) is 12.7 Å². The Morgan fingerprint density at radius 2 is 1.79 bits per heavy atom. The third-order valence-corrected chi connectivity index (χ3v) is 8.28. The number of anilines is 2. The van der Waals surface area contributed by atoms with E-state index in [2.05, 4.69) is 10.3 Å². The number of hydrogen-bond donors (Lipinski definition) is 2. The molecule has 0 saturated heterocycles. The fraction of sp³-hybridized carbons (Fsp3) is 0.314. The molecule has 12 heteroatoms. The van der Waals surface area contributed by atoms with E-state index in [0.29, 0.717) is 75.1 Å². The number of pyridine rings is 2. The first-order valence-electron chi connectivity index (χ1n) is 15.5. The zero-order valence-corrected chi connectivity index (χ0v) is 26.8. The van der Waals surface area contributed by atoms with Crippen LogP contribution < -0.4 is 30.0 Å². The van der Waals surface area contributed by atoms with Crippen molar-refractivity contribution in [2.45, 2.75) is 39.3 Å². The van der Waals surface area contributed by atoms with E-state index in [-0.39, 0.29) is 24.0 Å². The van der Waals surface area contributed by atoms with Crippen LogP contribution in [-0.4, -0.2) is 66.0 Å². The van der Waals surface area contributed by atoms with Crippen LogP contribution in [0.5, 0.6) is 17.2 Å². The molecule has 5 aromatic rings. The summed E-state index contributed by atoms with van der Waals surface area (Å²) in [6.45, 7) is 2.64. The second-order valence-electron chi connectivity index (χ2n) is 11.8. The van der Waals surface area contributed by atoms with Crippen molar-refractivity contribution in [1.82, 2.24) is 14.5 Å². The van der Waals surface area contributed by atoms with E-state index >= 15 is 0 Å². The lowest BCUT2D eigenvalue weighted by Gasteiger charge is -2.22. The number of likely N-dealkylation sites (N-methyl/N-ethyl adjacent to an activating group) is 1. The van der Waals surface area contributed by atoms with Crippen molar-refractivity contribution in [1.29, 1.82) is 0 Å². The predicted molar refractivity (Wildman–Crippen MR) is 181 cm³/mol. The average molecular weight is 640 g/mol. The number of rotatable bonds is 10. The van der Waals surface area contributed by atoms with Crippen molar-refractivity contribution in [3.8, 4) is 17.2 Å². The normalized spacial score (nSPS) is 12.3. The van der Waals surface area contributed by atoms with Gasteiger partial charge in [-0.25, -0.2) is 4.79 Å². The Morgan fingerprint density at radius 1 is 1.02 bits per heavy atom. The number of fused-ring (bicyclic) bond motifs is 6. The lowest BCUT2D eigenvalue weighted by molar-refractivity contribution is -0.116. The summed E-state index contributed by atoms with van der Waals surface area (Å²) in [6, 6.07) is 13.7. The molecule has 0 fully saturated rings. The van der Waals surface area contributed by atoms with Crippen LogP contribution in [0.15, 0.2) is 59.5 Å². The molecule has 244 valence electrons. The maximum atomic E-state index is 14.3. The van der Waals surface area contributed by atoms with Gasteiger partial charge < -0.3 is 34.1 Å². The highest BCUT2D eigenvalue weighted by Gasteiger charge is 2.23. The molecule has 6 rings (SSSR count). The molecule has 0 bridgehead atoms. The number of para-hydroxylation sites is 2. The molecule has 1 aliphatic heterocycles. The van der Waals surface area contributed by atoms with Gasteiger partial charge in [-0.2, -0.15) is 0 Å². The molecule has 0 saturated carbocycles. The third-order valence-electron chi connectivity index (χ3n) is 8.28. The molecular formula is C35H37N5O7. The Morgan fingerprint density at radius 3 is 2.53 bits per heavy atom. The van der Waals surface area contributed by atoms with Gasteiger partial charge in [-0.15, -0.1) is 0 Å². The molecule has 2 amide bonds. The smallest absolute Gasteiger partial charge is 0.419 e. The number of aromatic nitrogens is 2. The Labute approximate surface area is 271 Å². The zero-order chi connectivity index (χ0) is 33.2. The summed E-state index contributed by atoms with van der Waals surface area (Å²) in [7, 11) is 5.40. The molecular weight excluding hydrogens is 602 g/mol. The molecule has 47 heavy (non-hydrogen) atoms. The van der Waals surface area contributed by atoms with E-state index in [9.17, 15) is 19.5 Å². The summed E-state index contributed by atoms with van der Waals surface area (Å²) in [5.41, 5.74) is 2.26. The van der Waals surface area contributed by atoms with Crippen LogP contribution in [0.3, 0.4) is 0 Å². The zero-order valence-electron chi connectivity index (χ0n) is 26.8. The molecule has 0 aliphatic carbocycles. The summed E-state index contributed by atoms with van der Waals surface area (Å²) >= 11 is 0. The minimum absolute atomic E-state index is 0.0500. The predicted octanol–water partition coefficient (Wildman–Crippen LogP) is 5.25. The summed E-state index contributed by atoms with van der Waals surface area (Å²) < 4.78 is 18.7. The Bertz CT molecular complexity index is 2070. The summed E-state index contributed by atoms with van der Waals surface area (Å²) in [5, 5.41) is 15.6. The Hall–Kier alpha value is -5.20. The van der Waals surface area contributed by atoms with E-state index < -0.39 is 12.7 Å². The molecule has 2 N–H and O–H groups in total. The molecule has 0 unspecified atom stereocenters. The van der Waals surface area contributed by atoms with E-state index in [1.54, 1.807) is 47.2 Å². The van der Waals surface area contributed by atoms with Crippen LogP contribution in [-0.2, 0) is 17.9 Å². The first kappa shape index (κ1) is 31.8. The number of amides is 2. The number of aliphatic hydroxyl groups is 1. The molecule has 1 aliphatic rings. The SMILES string of the molecule is CCCCC(=O)Nc1ccccc1N(C)C(=O)Oc1cc2c(=O)n(CCN(C)C)c3c4cc5c(cc4ncc3c2cc1CO)OCO5. The second-order valence-corrected chi connectivity index (χ2v) is 11.8. The van der Waals surface area contributed by atoms with Gasteiger partial charge in [-0.05, 0) is 56.2 Å². The minimum atomic E-state index is -0.758. The highest BCUT2D eigenvalue weighted by atomic mass is 16.7. The number of nitrogens with one attached hydrogen (secondary N) is 1. The van der Waals surface area contributed by atoms with Gasteiger partial charge in [0.1, 0.15) is 5.75 Å².